The third-order valence-electron chi connectivity index (χ3n) is 4.60. The first kappa shape index (κ1) is 16.1. The molecule has 0 bridgehead atoms. The van der Waals surface area contributed by atoms with Crippen LogP contribution < -0.4 is 5.32 Å². The number of nitrogens with zero attached hydrogens (tertiary/aromatic N) is 2. The van der Waals surface area contributed by atoms with E-state index in [2.05, 4.69) is 33.4 Å². The molecule has 1 aliphatic heterocycles. The molecule has 0 aliphatic carbocycles. The number of aromatic nitrogens is 1. The Hall–Kier alpha value is -2.43. The first-order chi connectivity index (χ1) is 12.2. The van der Waals surface area contributed by atoms with Gasteiger partial charge in [-0.3, -0.25) is 14.7 Å². The highest BCUT2D eigenvalue weighted by Gasteiger charge is 2.32. The van der Waals surface area contributed by atoms with Crippen LogP contribution in [0.3, 0.4) is 0 Å². The van der Waals surface area contributed by atoms with Gasteiger partial charge in [-0.1, -0.05) is 54.1 Å². The fourth-order valence-electron chi connectivity index (χ4n) is 3.43. The molecule has 1 fully saturated rings. The number of carbonyl (C=O) groups is 1. The van der Waals surface area contributed by atoms with Crippen molar-refractivity contribution in [3.8, 4) is 0 Å². The molecule has 4 rings (SSSR count). The minimum Gasteiger partial charge on any atom is -0.353 e. The molecule has 1 aliphatic rings. The van der Waals surface area contributed by atoms with E-state index < -0.39 is 0 Å². The van der Waals surface area contributed by atoms with Crippen molar-refractivity contribution in [1.29, 1.82) is 0 Å². The molecular formula is C20H18ClN3O. The number of carbonyl (C=O) groups excluding carboxylic acids is 1. The second kappa shape index (κ2) is 6.82. The van der Waals surface area contributed by atoms with Crippen LogP contribution in [0.25, 0.3) is 10.9 Å². The smallest absolute Gasteiger partial charge is 0.242 e. The van der Waals surface area contributed by atoms with Gasteiger partial charge in [-0.15, -0.1) is 0 Å². The molecule has 5 heteroatoms. The topological polar surface area (TPSA) is 45.2 Å². The molecule has 1 unspecified atom stereocenters. The zero-order valence-corrected chi connectivity index (χ0v) is 14.4. The maximum atomic E-state index is 12.6. The van der Waals surface area contributed by atoms with E-state index in [1.165, 1.54) is 0 Å². The summed E-state index contributed by atoms with van der Waals surface area (Å²) in [5.74, 6) is -0.00690. The van der Waals surface area contributed by atoms with Gasteiger partial charge in [0.05, 0.1) is 5.52 Å². The zero-order chi connectivity index (χ0) is 17.2. The van der Waals surface area contributed by atoms with Crippen LogP contribution in [0.2, 0.25) is 5.02 Å². The summed E-state index contributed by atoms with van der Waals surface area (Å²) in [6.45, 7) is 2.06. The van der Waals surface area contributed by atoms with Crippen LogP contribution >= 0.6 is 11.6 Å². The van der Waals surface area contributed by atoms with Crippen molar-refractivity contribution in [2.45, 2.75) is 12.6 Å². The lowest BCUT2D eigenvalue weighted by Gasteiger charge is -2.35. The third kappa shape index (κ3) is 3.11. The number of nitrogens with one attached hydrogen (secondary N) is 1. The van der Waals surface area contributed by atoms with Crippen LogP contribution in [0.5, 0.6) is 0 Å². The van der Waals surface area contributed by atoms with Crippen LogP contribution in [0.1, 0.15) is 17.2 Å². The van der Waals surface area contributed by atoms with Crippen LogP contribution in [0.4, 0.5) is 0 Å². The number of rotatable bonds is 3. The van der Waals surface area contributed by atoms with E-state index in [9.17, 15) is 4.79 Å². The Morgan fingerprint density at radius 2 is 1.96 bits per heavy atom. The van der Waals surface area contributed by atoms with Crippen molar-refractivity contribution < 1.29 is 4.79 Å². The van der Waals surface area contributed by atoms with E-state index in [0.29, 0.717) is 18.1 Å². The predicted molar refractivity (Wildman–Crippen MR) is 99.4 cm³/mol. The van der Waals surface area contributed by atoms with Gasteiger partial charge in [0.1, 0.15) is 6.04 Å². The number of para-hydroxylation sites is 1. The van der Waals surface area contributed by atoms with Crippen molar-refractivity contribution >= 4 is 28.4 Å². The van der Waals surface area contributed by atoms with Crippen molar-refractivity contribution in [3.63, 3.8) is 0 Å². The molecule has 1 N–H and O–H groups in total. The summed E-state index contributed by atoms with van der Waals surface area (Å²) in [7, 11) is 0. The van der Waals surface area contributed by atoms with E-state index in [-0.39, 0.29) is 11.9 Å². The molecule has 1 amide bonds. The Balaban J connectivity index is 1.72. The molecule has 126 valence electrons. The number of benzene rings is 2. The summed E-state index contributed by atoms with van der Waals surface area (Å²) in [4.78, 5) is 19.3. The summed E-state index contributed by atoms with van der Waals surface area (Å²) in [6.07, 6.45) is 1.81. The molecular weight excluding hydrogens is 334 g/mol. The fourth-order valence-corrected chi connectivity index (χ4v) is 3.67. The molecule has 4 nitrogen and oxygen atoms in total. The Labute approximate surface area is 151 Å². The summed E-state index contributed by atoms with van der Waals surface area (Å²) in [5, 5.41) is 4.68. The number of pyridine rings is 1. The predicted octanol–water partition coefficient (Wildman–Crippen LogP) is 3.56. The van der Waals surface area contributed by atoms with Gasteiger partial charge in [0.15, 0.2) is 0 Å². The molecule has 1 saturated heterocycles. The minimum atomic E-state index is -0.388. The van der Waals surface area contributed by atoms with Gasteiger partial charge in [0, 0.05) is 36.2 Å². The zero-order valence-electron chi connectivity index (χ0n) is 13.7. The van der Waals surface area contributed by atoms with E-state index in [1.54, 1.807) is 6.20 Å². The molecule has 0 saturated carbocycles. The van der Waals surface area contributed by atoms with E-state index in [0.717, 1.165) is 28.6 Å². The van der Waals surface area contributed by atoms with Gasteiger partial charge in [0.25, 0.3) is 0 Å². The van der Waals surface area contributed by atoms with Gasteiger partial charge in [-0.25, -0.2) is 0 Å². The second-order valence-electron chi connectivity index (χ2n) is 6.18. The van der Waals surface area contributed by atoms with E-state index in [1.807, 2.05) is 36.4 Å². The Bertz CT molecular complexity index is 922. The normalized spacial score (nSPS) is 18.3. The van der Waals surface area contributed by atoms with E-state index in [4.69, 9.17) is 11.6 Å². The average molecular weight is 352 g/mol. The standard InChI is InChI=1S/C20H18ClN3O/c21-17-9-2-1-8-16(17)19-20(25)23-11-12-24(19)13-15-6-3-5-14-7-4-10-22-18(14)15/h1-10,19H,11-13H2,(H,23,25). The summed E-state index contributed by atoms with van der Waals surface area (Å²) < 4.78 is 0. The molecule has 25 heavy (non-hydrogen) atoms. The van der Waals surface area contributed by atoms with Crippen molar-refractivity contribution in [1.82, 2.24) is 15.2 Å². The highest BCUT2D eigenvalue weighted by atomic mass is 35.5. The van der Waals surface area contributed by atoms with Crippen LogP contribution in [0, 0.1) is 0 Å². The fraction of sp³-hybridized carbons (Fsp3) is 0.200. The Morgan fingerprint density at radius 3 is 2.84 bits per heavy atom. The minimum absolute atomic E-state index is 0.00690. The average Bonchev–Trinajstić information content (AvgIpc) is 2.63. The molecule has 2 heterocycles. The molecule has 1 aromatic heterocycles. The molecule has 3 aromatic rings. The van der Waals surface area contributed by atoms with Crippen molar-refractivity contribution in [3.05, 3.63) is 76.9 Å². The number of amides is 1. The molecule has 0 spiro atoms. The maximum absolute atomic E-state index is 12.6. The second-order valence-corrected chi connectivity index (χ2v) is 6.59. The van der Waals surface area contributed by atoms with Crippen molar-refractivity contribution in [2.75, 3.05) is 13.1 Å². The first-order valence-corrected chi connectivity index (χ1v) is 8.70. The lowest BCUT2D eigenvalue weighted by Crippen LogP contribution is -2.49. The van der Waals surface area contributed by atoms with Gasteiger partial charge in [-0.2, -0.15) is 0 Å². The number of piperazine rings is 1. The monoisotopic (exact) mass is 351 g/mol. The largest absolute Gasteiger partial charge is 0.353 e. The quantitative estimate of drug-likeness (QED) is 0.784. The molecule has 1 atom stereocenters. The summed E-state index contributed by atoms with van der Waals surface area (Å²) in [6, 6.07) is 17.3. The highest BCUT2D eigenvalue weighted by Crippen LogP contribution is 2.31. The van der Waals surface area contributed by atoms with Gasteiger partial charge < -0.3 is 5.32 Å². The van der Waals surface area contributed by atoms with Crippen LogP contribution in [0.15, 0.2) is 60.8 Å². The lowest BCUT2D eigenvalue weighted by molar-refractivity contribution is -0.129. The number of halogens is 1. The summed E-state index contributed by atoms with van der Waals surface area (Å²) >= 11 is 6.37. The van der Waals surface area contributed by atoms with Crippen LogP contribution in [-0.2, 0) is 11.3 Å². The Morgan fingerprint density at radius 1 is 1.12 bits per heavy atom. The Kier molecular flexibility index (Phi) is 4.38. The third-order valence-corrected chi connectivity index (χ3v) is 4.95. The van der Waals surface area contributed by atoms with Crippen LogP contribution in [-0.4, -0.2) is 28.9 Å². The first-order valence-electron chi connectivity index (χ1n) is 8.33. The van der Waals surface area contributed by atoms with E-state index >= 15 is 0 Å². The number of hydrogen-bond donors (Lipinski definition) is 1. The SMILES string of the molecule is O=C1NCCN(Cc2cccc3cccnc23)C1c1ccccc1Cl. The molecule has 0 radical (unpaired) electrons. The highest BCUT2D eigenvalue weighted by molar-refractivity contribution is 6.31. The van der Waals surface area contributed by atoms with Gasteiger partial charge in [-0.05, 0) is 23.3 Å². The summed E-state index contributed by atoms with van der Waals surface area (Å²) in [5.41, 5.74) is 2.94. The van der Waals surface area contributed by atoms with Crippen molar-refractivity contribution in [2.24, 2.45) is 0 Å². The molecule has 2 aromatic carbocycles. The number of fused-ring (bicyclic) bond motifs is 1. The van der Waals surface area contributed by atoms with Gasteiger partial charge in [0.2, 0.25) is 5.91 Å². The maximum Gasteiger partial charge on any atom is 0.242 e. The lowest BCUT2D eigenvalue weighted by atomic mass is 10.0. The number of hydrogen-bond acceptors (Lipinski definition) is 3. The van der Waals surface area contributed by atoms with Gasteiger partial charge >= 0.3 is 0 Å².